The molecule has 2 aromatic carbocycles. The van der Waals surface area contributed by atoms with Gasteiger partial charge in [-0.25, -0.2) is 0 Å². The minimum absolute atomic E-state index is 0.283. The molecule has 1 aromatic heterocycles. The average molecular weight is 389 g/mol. The predicted octanol–water partition coefficient (Wildman–Crippen LogP) is 4.08. The summed E-state index contributed by atoms with van der Waals surface area (Å²) in [4.78, 5) is 7.44. The first-order valence-electron chi connectivity index (χ1n) is 10.4. The monoisotopic (exact) mass is 389 g/mol. The van der Waals surface area contributed by atoms with E-state index in [4.69, 9.17) is 19.0 Å². The van der Waals surface area contributed by atoms with Crippen molar-refractivity contribution in [2.75, 3.05) is 13.3 Å². The van der Waals surface area contributed by atoms with Crippen LogP contribution in [-0.2, 0) is 6.42 Å². The van der Waals surface area contributed by atoms with E-state index in [9.17, 15) is 0 Å². The number of fused-ring (bicyclic) bond motifs is 2. The van der Waals surface area contributed by atoms with Crippen molar-refractivity contribution in [2.45, 2.75) is 43.7 Å². The van der Waals surface area contributed by atoms with Crippen molar-refractivity contribution < 1.29 is 14.0 Å². The fourth-order valence-corrected chi connectivity index (χ4v) is 5.16. The standard InChI is InChI=1S/C23H23N3O3/c1-2-5-16(6-3-1)19-13-17(18-7-4-10-26(18)19)23-24-22(29-25-23)12-15-8-9-20-21(11-15)28-14-27-20/h1-3,5-6,8-9,11,17-19H,4,7,10,12-14H2/t17-,18+,19-/m0/s1. The van der Waals surface area contributed by atoms with Gasteiger partial charge in [0.2, 0.25) is 12.7 Å². The Labute approximate surface area is 169 Å². The summed E-state index contributed by atoms with van der Waals surface area (Å²) in [5.41, 5.74) is 2.48. The Morgan fingerprint density at radius 3 is 2.86 bits per heavy atom. The molecule has 3 atom stereocenters. The van der Waals surface area contributed by atoms with E-state index in [-0.39, 0.29) is 6.79 Å². The van der Waals surface area contributed by atoms with Crippen LogP contribution in [0.2, 0.25) is 0 Å². The number of hydrogen-bond donors (Lipinski definition) is 0. The van der Waals surface area contributed by atoms with Crippen molar-refractivity contribution in [2.24, 2.45) is 0 Å². The van der Waals surface area contributed by atoms with Crippen LogP contribution in [0.3, 0.4) is 0 Å². The first kappa shape index (κ1) is 17.0. The number of ether oxygens (including phenoxy) is 2. The van der Waals surface area contributed by atoms with E-state index in [1.54, 1.807) is 0 Å². The molecular weight excluding hydrogens is 366 g/mol. The quantitative estimate of drug-likeness (QED) is 0.670. The Balaban J connectivity index is 1.23. The molecule has 0 N–H and O–H groups in total. The van der Waals surface area contributed by atoms with Crippen LogP contribution in [0.5, 0.6) is 11.5 Å². The fraction of sp³-hybridized carbons (Fsp3) is 0.391. The molecule has 3 aromatic rings. The van der Waals surface area contributed by atoms with Crippen molar-refractivity contribution in [3.63, 3.8) is 0 Å². The Kier molecular flexibility index (Phi) is 4.04. The van der Waals surface area contributed by atoms with Crippen molar-refractivity contribution in [3.05, 3.63) is 71.4 Å². The Hall–Kier alpha value is -2.86. The highest BCUT2D eigenvalue weighted by atomic mass is 16.7. The summed E-state index contributed by atoms with van der Waals surface area (Å²) in [7, 11) is 0. The SMILES string of the molecule is c1ccc([C@@H]2C[C@H](c3noc(Cc4ccc5c(c4)OCO5)n3)[C@H]3CCCN32)cc1. The molecule has 3 aliphatic heterocycles. The summed E-state index contributed by atoms with van der Waals surface area (Å²) < 4.78 is 16.5. The summed E-state index contributed by atoms with van der Waals surface area (Å²) in [6, 6.07) is 17.7. The van der Waals surface area contributed by atoms with E-state index in [1.807, 2.05) is 18.2 Å². The molecule has 29 heavy (non-hydrogen) atoms. The first-order chi connectivity index (χ1) is 14.3. The maximum atomic E-state index is 5.64. The van der Waals surface area contributed by atoms with Gasteiger partial charge in [-0.05, 0) is 49.1 Å². The molecule has 2 fully saturated rings. The molecule has 0 aliphatic carbocycles. The Morgan fingerprint density at radius 2 is 1.93 bits per heavy atom. The summed E-state index contributed by atoms with van der Waals surface area (Å²) in [5.74, 6) is 3.42. The molecule has 0 radical (unpaired) electrons. The van der Waals surface area contributed by atoms with Gasteiger partial charge in [-0.3, -0.25) is 4.90 Å². The van der Waals surface area contributed by atoms with Crippen LogP contribution in [0.25, 0.3) is 0 Å². The molecular formula is C23H23N3O3. The van der Waals surface area contributed by atoms with Gasteiger partial charge in [0.15, 0.2) is 17.3 Å². The van der Waals surface area contributed by atoms with Gasteiger partial charge in [0.25, 0.3) is 0 Å². The maximum absolute atomic E-state index is 5.64. The van der Waals surface area contributed by atoms with Crippen LogP contribution in [0.4, 0.5) is 0 Å². The van der Waals surface area contributed by atoms with Crippen molar-refractivity contribution >= 4 is 0 Å². The van der Waals surface area contributed by atoms with Gasteiger partial charge >= 0.3 is 0 Å². The second kappa shape index (κ2) is 6.88. The number of benzene rings is 2. The lowest BCUT2D eigenvalue weighted by molar-refractivity contribution is 0.174. The largest absolute Gasteiger partial charge is 0.454 e. The molecule has 148 valence electrons. The summed E-state index contributed by atoms with van der Waals surface area (Å²) >= 11 is 0. The molecule has 0 saturated carbocycles. The lowest BCUT2D eigenvalue weighted by Crippen LogP contribution is -2.27. The second-order valence-electron chi connectivity index (χ2n) is 8.13. The maximum Gasteiger partial charge on any atom is 0.231 e. The highest BCUT2D eigenvalue weighted by Gasteiger charge is 2.46. The number of aromatic nitrogens is 2. The van der Waals surface area contributed by atoms with Gasteiger partial charge < -0.3 is 14.0 Å². The predicted molar refractivity (Wildman–Crippen MR) is 106 cm³/mol. The lowest BCUT2D eigenvalue weighted by atomic mass is 9.94. The zero-order chi connectivity index (χ0) is 19.2. The number of hydrogen-bond acceptors (Lipinski definition) is 6. The minimum atomic E-state index is 0.283. The number of rotatable bonds is 4. The van der Waals surface area contributed by atoms with Crippen molar-refractivity contribution in [3.8, 4) is 11.5 Å². The Bertz CT molecular complexity index is 1020. The van der Waals surface area contributed by atoms with Crippen LogP contribution in [0.15, 0.2) is 53.1 Å². The molecule has 0 spiro atoms. The van der Waals surface area contributed by atoms with E-state index >= 15 is 0 Å². The van der Waals surface area contributed by atoms with Crippen LogP contribution >= 0.6 is 0 Å². The van der Waals surface area contributed by atoms with E-state index in [2.05, 4.69) is 40.4 Å². The van der Waals surface area contributed by atoms with E-state index in [0.29, 0.717) is 30.3 Å². The van der Waals surface area contributed by atoms with Gasteiger partial charge in [0.05, 0.1) is 6.42 Å². The molecule has 0 bridgehead atoms. The van der Waals surface area contributed by atoms with Crippen LogP contribution < -0.4 is 9.47 Å². The minimum Gasteiger partial charge on any atom is -0.454 e. The van der Waals surface area contributed by atoms with Gasteiger partial charge in [0, 0.05) is 18.0 Å². The van der Waals surface area contributed by atoms with E-state index < -0.39 is 0 Å². The first-order valence-corrected chi connectivity index (χ1v) is 10.4. The zero-order valence-corrected chi connectivity index (χ0v) is 16.2. The van der Waals surface area contributed by atoms with E-state index in [1.165, 1.54) is 18.4 Å². The van der Waals surface area contributed by atoms with Crippen LogP contribution in [0.1, 0.15) is 54.1 Å². The Morgan fingerprint density at radius 1 is 1.03 bits per heavy atom. The summed E-state index contributed by atoms with van der Waals surface area (Å²) in [6.07, 6.45) is 4.11. The summed E-state index contributed by atoms with van der Waals surface area (Å²) in [6.45, 7) is 1.44. The second-order valence-corrected chi connectivity index (χ2v) is 8.13. The third-order valence-corrected chi connectivity index (χ3v) is 6.48. The van der Waals surface area contributed by atoms with Crippen molar-refractivity contribution in [1.29, 1.82) is 0 Å². The van der Waals surface area contributed by atoms with Gasteiger partial charge in [-0.1, -0.05) is 41.6 Å². The highest BCUT2D eigenvalue weighted by molar-refractivity contribution is 5.45. The molecule has 0 unspecified atom stereocenters. The van der Waals surface area contributed by atoms with E-state index in [0.717, 1.165) is 35.9 Å². The zero-order valence-electron chi connectivity index (χ0n) is 16.2. The smallest absolute Gasteiger partial charge is 0.231 e. The normalized spacial score (nSPS) is 25.4. The molecule has 6 nitrogen and oxygen atoms in total. The van der Waals surface area contributed by atoms with Gasteiger partial charge in [-0.2, -0.15) is 4.98 Å². The fourth-order valence-electron chi connectivity index (χ4n) is 5.16. The lowest BCUT2D eigenvalue weighted by Gasteiger charge is -2.24. The molecule has 3 aliphatic rings. The topological polar surface area (TPSA) is 60.6 Å². The summed E-state index contributed by atoms with van der Waals surface area (Å²) in [5, 5.41) is 4.39. The van der Waals surface area contributed by atoms with Crippen molar-refractivity contribution in [1.82, 2.24) is 15.0 Å². The van der Waals surface area contributed by atoms with Crippen LogP contribution in [-0.4, -0.2) is 34.4 Å². The molecule has 2 saturated heterocycles. The molecule has 6 heteroatoms. The van der Waals surface area contributed by atoms with Gasteiger partial charge in [0.1, 0.15) is 0 Å². The highest BCUT2D eigenvalue weighted by Crippen LogP contribution is 2.48. The number of nitrogens with zero attached hydrogens (tertiary/aromatic N) is 3. The van der Waals surface area contributed by atoms with Gasteiger partial charge in [-0.15, -0.1) is 0 Å². The average Bonchev–Trinajstić information content (AvgIpc) is 3.52. The third-order valence-electron chi connectivity index (χ3n) is 6.48. The molecule has 6 rings (SSSR count). The van der Waals surface area contributed by atoms with Crippen LogP contribution in [0, 0.1) is 0 Å². The third kappa shape index (κ3) is 2.99. The molecule has 4 heterocycles. The molecule has 0 amide bonds.